The first-order chi connectivity index (χ1) is 10.3. The zero-order chi connectivity index (χ0) is 16.9. The van der Waals surface area contributed by atoms with Crippen molar-refractivity contribution in [2.75, 3.05) is 33.8 Å². The largest absolute Gasteiger partial charge is 0.495 e. The summed E-state index contributed by atoms with van der Waals surface area (Å²) in [5.41, 5.74) is 0.808. The third-order valence-corrected chi connectivity index (χ3v) is 5.31. The summed E-state index contributed by atoms with van der Waals surface area (Å²) in [4.78, 5) is 13.8. The van der Waals surface area contributed by atoms with Crippen LogP contribution in [0, 0.1) is 6.92 Å². The van der Waals surface area contributed by atoms with Crippen molar-refractivity contribution in [1.82, 2.24) is 9.21 Å². The van der Waals surface area contributed by atoms with E-state index in [1.165, 1.54) is 14.2 Å². The fourth-order valence-corrected chi connectivity index (χ4v) is 3.46. The van der Waals surface area contributed by atoms with Crippen LogP contribution in [0.2, 0.25) is 0 Å². The topological polar surface area (TPSA) is 66.9 Å². The molecule has 0 saturated carbocycles. The molecule has 0 heterocycles. The Morgan fingerprint density at radius 2 is 1.82 bits per heavy atom. The van der Waals surface area contributed by atoms with Gasteiger partial charge in [0.05, 0.1) is 13.7 Å². The molecular weight excluding hydrogens is 304 g/mol. The third kappa shape index (κ3) is 3.98. The summed E-state index contributed by atoms with van der Waals surface area (Å²) < 4.78 is 31.5. The molecule has 0 fully saturated rings. The number of ether oxygens (including phenoxy) is 1. The Bertz CT molecular complexity index is 624. The van der Waals surface area contributed by atoms with Crippen LogP contribution in [0.25, 0.3) is 0 Å². The van der Waals surface area contributed by atoms with Gasteiger partial charge in [-0.25, -0.2) is 8.42 Å². The van der Waals surface area contributed by atoms with Crippen molar-refractivity contribution in [2.24, 2.45) is 0 Å². The van der Waals surface area contributed by atoms with Crippen LogP contribution >= 0.6 is 0 Å². The summed E-state index contributed by atoms with van der Waals surface area (Å²) in [6, 6.07) is 4.94. The predicted octanol–water partition coefficient (Wildman–Crippen LogP) is 1.49. The highest BCUT2D eigenvalue weighted by atomic mass is 32.2. The molecule has 1 aromatic rings. The van der Waals surface area contributed by atoms with Gasteiger partial charge in [-0.05, 0) is 38.5 Å². The highest BCUT2D eigenvalue weighted by Gasteiger charge is 2.27. The first-order valence-corrected chi connectivity index (χ1v) is 8.60. The number of benzene rings is 1. The van der Waals surface area contributed by atoms with Crippen LogP contribution in [0.3, 0.4) is 0 Å². The lowest BCUT2D eigenvalue weighted by Crippen LogP contribution is -2.41. The number of rotatable bonds is 7. The van der Waals surface area contributed by atoms with Gasteiger partial charge in [0.2, 0.25) is 15.9 Å². The number of sulfonamides is 1. The smallest absolute Gasteiger partial charge is 0.246 e. The number of nitrogens with zero attached hydrogens (tertiary/aromatic N) is 2. The summed E-state index contributed by atoms with van der Waals surface area (Å²) in [5, 5.41) is 0. The molecule has 0 radical (unpaired) electrons. The number of hydrogen-bond acceptors (Lipinski definition) is 4. The molecule has 0 aliphatic carbocycles. The van der Waals surface area contributed by atoms with E-state index in [0.29, 0.717) is 13.1 Å². The zero-order valence-corrected chi connectivity index (χ0v) is 14.6. The van der Waals surface area contributed by atoms with Crippen LogP contribution < -0.4 is 4.74 Å². The molecule has 0 bridgehead atoms. The molecule has 7 heteroatoms. The molecule has 0 spiro atoms. The van der Waals surface area contributed by atoms with Crippen LogP contribution in [0.5, 0.6) is 5.75 Å². The SMILES string of the molecule is CCN(CC)C(=O)CN(C)S(=O)(=O)c1cc(C)ccc1OC. The minimum Gasteiger partial charge on any atom is -0.495 e. The molecule has 0 atom stereocenters. The van der Waals surface area contributed by atoms with Gasteiger partial charge in [0.1, 0.15) is 10.6 Å². The van der Waals surface area contributed by atoms with Gasteiger partial charge in [0.15, 0.2) is 0 Å². The Labute approximate surface area is 132 Å². The summed E-state index contributed by atoms with van der Waals surface area (Å²) in [6.45, 7) is 6.44. The maximum Gasteiger partial charge on any atom is 0.246 e. The average molecular weight is 328 g/mol. The normalized spacial score (nSPS) is 11.5. The molecule has 0 aliphatic rings. The first kappa shape index (κ1) is 18.4. The number of carbonyl (C=O) groups is 1. The first-order valence-electron chi connectivity index (χ1n) is 7.16. The van der Waals surface area contributed by atoms with Gasteiger partial charge in [-0.1, -0.05) is 6.07 Å². The fourth-order valence-electron chi connectivity index (χ4n) is 2.11. The van der Waals surface area contributed by atoms with E-state index in [4.69, 9.17) is 4.74 Å². The second kappa shape index (κ2) is 7.60. The van der Waals surface area contributed by atoms with Crippen LogP contribution in [-0.2, 0) is 14.8 Å². The van der Waals surface area contributed by atoms with Crippen molar-refractivity contribution in [3.05, 3.63) is 23.8 Å². The Balaban J connectivity index is 3.09. The van der Waals surface area contributed by atoms with Gasteiger partial charge in [0, 0.05) is 20.1 Å². The van der Waals surface area contributed by atoms with Gasteiger partial charge in [-0.2, -0.15) is 4.31 Å². The number of aryl methyl sites for hydroxylation is 1. The number of hydrogen-bond donors (Lipinski definition) is 0. The van der Waals surface area contributed by atoms with Gasteiger partial charge in [0.25, 0.3) is 0 Å². The summed E-state index contributed by atoms with van der Waals surface area (Å²) in [7, 11) is -0.966. The van der Waals surface area contributed by atoms with Crippen molar-refractivity contribution in [3.63, 3.8) is 0 Å². The molecule has 1 rings (SSSR count). The second-order valence-corrected chi connectivity index (χ2v) is 6.99. The van der Waals surface area contributed by atoms with E-state index in [2.05, 4.69) is 0 Å². The minimum atomic E-state index is -3.79. The maximum atomic E-state index is 12.7. The van der Waals surface area contributed by atoms with E-state index in [1.54, 1.807) is 30.0 Å². The lowest BCUT2D eigenvalue weighted by atomic mass is 10.2. The van der Waals surface area contributed by atoms with E-state index in [0.717, 1.165) is 9.87 Å². The van der Waals surface area contributed by atoms with Gasteiger partial charge in [-0.3, -0.25) is 4.79 Å². The fraction of sp³-hybridized carbons (Fsp3) is 0.533. The van der Waals surface area contributed by atoms with Crippen LogP contribution in [-0.4, -0.2) is 57.3 Å². The molecule has 0 aliphatic heterocycles. The maximum absolute atomic E-state index is 12.7. The molecule has 124 valence electrons. The summed E-state index contributed by atoms with van der Waals surface area (Å²) >= 11 is 0. The van der Waals surface area contributed by atoms with E-state index >= 15 is 0 Å². The Morgan fingerprint density at radius 1 is 1.23 bits per heavy atom. The molecule has 1 amide bonds. The predicted molar refractivity (Wildman–Crippen MR) is 85.5 cm³/mol. The third-order valence-electron chi connectivity index (χ3n) is 3.48. The molecule has 6 nitrogen and oxygen atoms in total. The highest BCUT2D eigenvalue weighted by molar-refractivity contribution is 7.89. The van der Waals surface area contributed by atoms with Crippen molar-refractivity contribution >= 4 is 15.9 Å². The lowest BCUT2D eigenvalue weighted by molar-refractivity contribution is -0.130. The molecule has 0 saturated heterocycles. The number of likely N-dealkylation sites (N-methyl/N-ethyl adjacent to an activating group) is 2. The molecule has 1 aromatic carbocycles. The Morgan fingerprint density at radius 3 is 2.32 bits per heavy atom. The summed E-state index contributed by atoms with van der Waals surface area (Å²) in [6.07, 6.45) is 0. The van der Waals surface area contributed by atoms with Crippen molar-refractivity contribution < 1.29 is 17.9 Å². The number of methoxy groups -OCH3 is 1. The van der Waals surface area contributed by atoms with Gasteiger partial charge >= 0.3 is 0 Å². The average Bonchev–Trinajstić information content (AvgIpc) is 2.48. The van der Waals surface area contributed by atoms with Crippen LogP contribution in [0.15, 0.2) is 23.1 Å². The standard InChI is InChI=1S/C15H24N2O4S/c1-6-17(7-2)15(18)11-16(4)22(19,20)14-10-12(3)8-9-13(14)21-5/h8-10H,6-7,11H2,1-5H3. The zero-order valence-electron chi connectivity index (χ0n) is 13.8. The molecule has 0 aromatic heterocycles. The minimum absolute atomic E-state index is 0.0739. The van der Waals surface area contributed by atoms with Crippen LogP contribution in [0.1, 0.15) is 19.4 Å². The Kier molecular flexibility index (Phi) is 6.37. The summed E-state index contributed by atoms with van der Waals surface area (Å²) in [5.74, 6) is 0.0513. The van der Waals surface area contributed by atoms with E-state index < -0.39 is 10.0 Å². The monoisotopic (exact) mass is 328 g/mol. The molecule has 22 heavy (non-hydrogen) atoms. The van der Waals surface area contributed by atoms with Crippen LogP contribution in [0.4, 0.5) is 0 Å². The van der Waals surface area contributed by atoms with E-state index in [1.807, 2.05) is 13.8 Å². The number of amides is 1. The van der Waals surface area contributed by atoms with Gasteiger partial charge in [-0.15, -0.1) is 0 Å². The van der Waals surface area contributed by atoms with Crippen molar-refractivity contribution in [1.29, 1.82) is 0 Å². The van der Waals surface area contributed by atoms with Gasteiger partial charge < -0.3 is 9.64 Å². The number of carbonyl (C=O) groups excluding carboxylic acids is 1. The molecule has 0 unspecified atom stereocenters. The van der Waals surface area contributed by atoms with E-state index in [9.17, 15) is 13.2 Å². The van der Waals surface area contributed by atoms with Crippen molar-refractivity contribution in [3.8, 4) is 5.75 Å². The molecular formula is C15H24N2O4S. The Hall–Kier alpha value is -1.60. The molecule has 0 N–H and O–H groups in total. The highest BCUT2D eigenvalue weighted by Crippen LogP contribution is 2.27. The second-order valence-electron chi connectivity index (χ2n) is 4.98. The quantitative estimate of drug-likeness (QED) is 0.760. The lowest BCUT2D eigenvalue weighted by Gasteiger charge is -2.23. The van der Waals surface area contributed by atoms with Crippen molar-refractivity contribution in [2.45, 2.75) is 25.7 Å². The van der Waals surface area contributed by atoms with E-state index in [-0.39, 0.29) is 23.1 Å².